The molecule has 0 aliphatic heterocycles. The van der Waals surface area contributed by atoms with E-state index in [4.69, 9.17) is 0 Å². The lowest BCUT2D eigenvalue weighted by molar-refractivity contribution is -0.253. The smallest absolute Gasteiger partial charge is 0.0961 e. The highest BCUT2D eigenvalue weighted by Crippen LogP contribution is 2.69. The fourth-order valence-corrected chi connectivity index (χ4v) is 9.33. The van der Waals surface area contributed by atoms with Crippen molar-refractivity contribution in [1.29, 1.82) is 0 Å². The van der Waals surface area contributed by atoms with Crippen molar-refractivity contribution in [2.75, 3.05) is 0 Å². The predicted molar refractivity (Wildman–Crippen MR) is 121 cm³/mol. The Morgan fingerprint density at radius 3 is 2.34 bits per heavy atom. The van der Waals surface area contributed by atoms with E-state index in [-0.39, 0.29) is 5.41 Å². The molecule has 29 heavy (non-hydrogen) atoms. The van der Waals surface area contributed by atoms with Gasteiger partial charge < -0.3 is 10.2 Å². The molecule has 0 unspecified atom stereocenters. The molecule has 0 aromatic heterocycles. The third kappa shape index (κ3) is 3.34. The molecule has 0 heterocycles. The zero-order valence-corrected chi connectivity index (χ0v) is 19.9. The zero-order chi connectivity index (χ0) is 21.0. The number of aliphatic hydroxyl groups is 2. The molecule has 0 amide bonds. The summed E-state index contributed by atoms with van der Waals surface area (Å²) in [6, 6.07) is 0. The van der Waals surface area contributed by atoms with Gasteiger partial charge in [-0.1, -0.05) is 66.7 Å². The maximum atomic E-state index is 11.6. The van der Waals surface area contributed by atoms with Crippen molar-refractivity contribution in [3.05, 3.63) is 0 Å². The minimum Gasteiger partial charge on any atom is -0.390 e. The van der Waals surface area contributed by atoms with Crippen LogP contribution in [0.25, 0.3) is 0 Å². The molecule has 0 bridgehead atoms. The van der Waals surface area contributed by atoms with Crippen LogP contribution in [0.4, 0.5) is 0 Å². The van der Waals surface area contributed by atoms with Crippen LogP contribution in [0.3, 0.4) is 0 Å². The van der Waals surface area contributed by atoms with E-state index in [1.54, 1.807) is 0 Å². The van der Waals surface area contributed by atoms with Crippen molar-refractivity contribution < 1.29 is 10.2 Å². The van der Waals surface area contributed by atoms with Gasteiger partial charge in [-0.05, 0) is 85.9 Å². The van der Waals surface area contributed by atoms with Crippen LogP contribution in [0.1, 0.15) is 112 Å². The van der Waals surface area contributed by atoms with Crippen molar-refractivity contribution in [2.45, 2.75) is 123 Å². The van der Waals surface area contributed by atoms with E-state index in [0.29, 0.717) is 17.3 Å². The van der Waals surface area contributed by atoms with Crippen molar-refractivity contribution in [3.63, 3.8) is 0 Å². The molecular formula is C27H48O2. The molecule has 2 heteroatoms. The zero-order valence-electron chi connectivity index (χ0n) is 19.9. The summed E-state index contributed by atoms with van der Waals surface area (Å²) in [5.74, 6) is 4.51. The van der Waals surface area contributed by atoms with Crippen LogP contribution in [0.15, 0.2) is 0 Å². The van der Waals surface area contributed by atoms with Gasteiger partial charge in [-0.3, -0.25) is 0 Å². The predicted octanol–water partition coefficient (Wildman–Crippen LogP) is 6.58. The van der Waals surface area contributed by atoms with Crippen LogP contribution in [0.5, 0.6) is 0 Å². The Balaban J connectivity index is 1.53. The van der Waals surface area contributed by atoms with Gasteiger partial charge in [0, 0.05) is 5.41 Å². The second-order valence-electron chi connectivity index (χ2n) is 12.7. The fourth-order valence-electron chi connectivity index (χ4n) is 9.33. The van der Waals surface area contributed by atoms with E-state index in [9.17, 15) is 10.2 Å². The largest absolute Gasteiger partial charge is 0.390 e. The average molecular weight is 405 g/mol. The van der Waals surface area contributed by atoms with E-state index in [2.05, 4.69) is 34.6 Å². The third-order valence-corrected chi connectivity index (χ3v) is 11.0. The Kier molecular flexibility index (Phi) is 5.95. The van der Waals surface area contributed by atoms with Crippen LogP contribution in [0, 0.1) is 46.3 Å². The highest BCUT2D eigenvalue weighted by molar-refractivity contribution is 5.16. The minimum absolute atomic E-state index is 0.0735. The summed E-state index contributed by atoms with van der Waals surface area (Å²) >= 11 is 0. The van der Waals surface area contributed by atoms with E-state index >= 15 is 0 Å². The molecular weight excluding hydrogens is 356 g/mol. The maximum Gasteiger partial charge on any atom is 0.0961 e. The van der Waals surface area contributed by atoms with Gasteiger partial charge in [0.15, 0.2) is 0 Å². The lowest BCUT2D eigenvalue weighted by Crippen LogP contribution is -2.67. The first-order chi connectivity index (χ1) is 13.6. The minimum atomic E-state index is -0.831. The number of hydrogen-bond donors (Lipinski definition) is 2. The lowest BCUT2D eigenvalue weighted by atomic mass is 9.42. The van der Waals surface area contributed by atoms with Crippen LogP contribution < -0.4 is 0 Å². The van der Waals surface area contributed by atoms with Crippen LogP contribution in [-0.4, -0.2) is 21.9 Å². The van der Waals surface area contributed by atoms with Gasteiger partial charge in [0.05, 0.1) is 11.7 Å². The Morgan fingerprint density at radius 2 is 1.62 bits per heavy atom. The van der Waals surface area contributed by atoms with Gasteiger partial charge in [-0.15, -0.1) is 0 Å². The third-order valence-electron chi connectivity index (χ3n) is 11.0. The molecule has 0 spiro atoms. The second kappa shape index (κ2) is 7.80. The Hall–Kier alpha value is -0.0800. The fraction of sp³-hybridized carbons (Fsp3) is 1.00. The van der Waals surface area contributed by atoms with Crippen molar-refractivity contribution in [3.8, 4) is 0 Å². The maximum absolute atomic E-state index is 11.6. The SMILES string of the molecule is CC(C)CCC[C@@H](C)[C@@H]1CC[C@@H]2[C@@H]3C[C@H](O)[C@]4(O)CCCC[C@]4(C)[C@H]3CC[C@]21C. The highest BCUT2D eigenvalue weighted by Gasteiger charge is 2.66. The summed E-state index contributed by atoms with van der Waals surface area (Å²) in [6.45, 7) is 12.2. The Bertz CT molecular complexity index is 587. The molecule has 4 aliphatic carbocycles. The number of aliphatic hydroxyl groups excluding tert-OH is 1. The van der Waals surface area contributed by atoms with Gasteiger partial charge in [-0.2, -0.15) is 0 Å². The number of hydrogen-bond acceptors (Lipinski definition) is 2. The Labute approximate surface area is 180 Å². The number of rotatable bonds is 5. The molecule has 9 atom stereocenters. The van der Waals surface area contributed by atoms with Gasteiger partial charge in [0.2, 0.25) is 0 Å². The molecule has 168 valence electrons. The van der Waals surface area contributed by atoms with E-state index in [1.165, 1.54) is 51.4 Å². The average Bonchev–Trinajstić information content (AvgIpc) is 3.01. The van der Waals surface area contributed by atoms with Gasteiger partial charge in [0.25, 0.3) is 0 Å². The molecule has 0 aromatic carbocycles. The molecule has 0 radical (unpaired) electrons. The summed E-state index contributed by atoms with van der Waals surface area (Å²) < 4.78 is 0. The summed E-state index contributed by atoms with van der Waals surface area (Å²) in [6.07, 6.45) is 14.1. The molecule has 2 nitrogen and oxygen atoms in total. The first-order valence-electron chi connectivity index (χ1n) is 13.0. The molecule has 4 aliphatic rings. The molecule has 0 aromatic rings. The van der Waals surface area contributed by atoms with Crippen LogP contribution in [0.2, 0.25) is 0 Å². The second-order valence-corrected chi connectivity index (χ2v) is 12.7. The summed E-state index contributed by atoms with van der Waals surface area (Å²) in [5.41, 5.74) is -0.448. The van der Waals surface area contributed by atoms with E-state index < -0.39 is 11.7 Å². The summed E-state index contributed by atoms with van der Waals surface area (Å²) in [5, 5.41) is 22.8. The van der Waals surface area contributed by atoms with Crippen LogP contribution in [-0.2, 0) is 0 Å². The quantitative estimate of drug-likeness (QED) is 0.543. The summed E-state index contributed by atoms with van der Waals surface area (Å²) in [4.78, 5) is 0. The van der Waals surface area contributed by atoms with Crippen molar-refractivity contribution >= 4 is 0 Å². The standard InChI is InChI=1S/C27H48O2/c1-18(2)9-8-10-19(3)21-11-12-22-20-17-24(28)27(29)15-7-6-14-26(27,5)23(20)13-16-25(21,22)4/h18-24,28-29H,6-17H2,1-5H3/t19-,20+,21+,22-,23+,24+,25+,26-,27-/m1/s1. The van der Waals surface area contributed by atoms with Crippen molar-refractivity contribution in [1.82, 2.24) is 0 Å². The number of fused-ring (bicyclic) bond motifs is 5. The first-order valence-corrected chi connectivity index (χ1v) is 13.0. The van der Waals surface area contributed by atoms with Crippen molar-refractivity contribution in [2.24, 2.45) is 46.3 Å². The first kappa shape index (κ1) is 22.1. The molecule has 4 fully saturated rings. The highest BCUT2D eigenvalue weighted by atomic mass is 16.3. The van der Waals surface area contributed by atoms with Gasteiger partial charge >= 0.3 is 0 Å². The topological polar surface area (TPSA) is 40.5 Å². The molecule has 0 saturated heterocycles. The molecule has 2 N–H and O–H groups in total. The van der Waals surface area contributed by atoms with Crippen LogP contribution >= 0.6 is 0 Å². The Morgan fingerprint density at radius 1 is 0.897 bits per heavy atom. The monoisotopic (exact) mass is 404 g/mol. The van der Waals surface area contributed by atoms with E-state index in [1.807, 2.05) is 0 Å². The van der Waals surface area contributed by atoms with Gasteiger partial charge in [0.1, 0.15) is 0 Å². The molecule has 4 saturated carbocycles. The lowest BCUT2D eigenvalue weighted by Gasteiger charge is -2.65. The summed E-state index contributed by atoms with van der Waals surface area (Å²) in [7, 11) is 0. The van der Waals surface area contributed by atoms with E-state index in [0.717, 1.165) is 49.4 Å². The molecule has 4 rings (SSSR count). The van der Waals surface area contributed by atoms with Gasteiger partial charge in [-0.25, -0.2) is 0 Å². The normalized spacial score (nSPS) is 50.7.